The van der Waals surface area contributed by atoms with Gasteiger partial charge in [-0.15, -0.1) is 11.3 Å². The Morgan fingerprint density at radius 1 is 1.50 bits per heavy atom. The maximum Gasteiger partial charge on any atom is 0.339 e. The SMILES string of the molecule is COc1cccc(C(=O)O)c1OCc1nccs1. The molecule has 94 valence electrons. The lowest BCUT2D eigenvalue weighted by Crippen LogP contribution is -2.05. The molecule has 0 spiro atoms. The van der Waals surface area contributed by atoms with Crippen molar-refractivity contribution in [2.45, 2.75) is 6.61 Å². The monoisotopic (exact) mass is 265 g/mol. The highest BCUT2D eigenvalue weighted by Gasteiger charge is 2.16. The molecule has 0 unspecified atom stereocenters. The van der Waals surface area contributed by atoms with E-state index in [1.807, 2.05) is 5.38 Å². The molecule has 0 aliphatic heterocycles. The first-order valence-electron chi connectivity index (χ1n) is 5.14. The fraction of sp³-hybridized carbons (Fsp3) is 0.167. The lowest BCUT2D eigenvalue weighted by atomic mass is 10.2. The van der Waals surface area contributed by atoms with Crippen LogP contribution in [0.3, 0.4) is 0 Å². The highest BCUT2D eigenvalue weighted by Crippen LogP contribution is 2.31. The highest BCUT2D eigenvalue weighted by molar-refractivity contribution is 7.09. The Morgan fingerprint density at radius 2 is 2.33 bits per heavy atom. The molecule has 0 aliphatic rings. The summed E-state index contributed by atoms with van der Waals surface area (Å²) < 4.78 is 10.6. The Hall–Kier alpha value is -2.08. The molecule has 0 bridgehead atoms. The molecular formula is C12H11NO4S. The number of hydrogen-bond acceptors (Lipinski definition) is 5. The summed E-state index contributed by atoms with van der Waals surface area (Å²) in [5.41, 5.74) is 0.0749. The number of para-hydroxylation sites is 1. The molecule has 0 amide bonds. The molecule has 1 aromatic carbocycles. The van der Waals surface area contributed by atoms with Gasteiger partial charge in [0.1, 0.15) is 17.2 Å². The number of ether oxygens (including phenoxy) is 2. The number of aromatic carboxylic acids is 1. The topological polar surface area (TPSA) is 68.7 Å². The van der Waals surface area contributed by atoms with E-state index >= 15 is 0 Å². The Bertz CT molecular complexity index is 539. The summed E-state index contributed by atoms with van der Waals surface area (Å²) in [7, 11) is 1.47. The molecule has 6 heteroatoms. The van der Waals surface area contributed by atoms with Crippen LogP contribution in [0.1, 0.15) is 15.4 Å². The van der Waals surface area contributed by atoms with Crippen LogP contribution in [0.4, 0.5) is 0 Å². The van der Waals surface area contributed by atoms with E-state index in [-0.39, 0.29) is 17.9 Å². The normalized spacial score (nSPS) is 10.1. The number of carboxylic acids is 1. The van der Waals surface area contributed by atoms with E-state index in [1.54, 1.807) is 18.3 Å². The molecule has 0 saturated heterocycles. The van der Waals surface area contributed by atoms with Crippen LogP contribution in [0.25, 0.3) is 0 Å². The number of thiazole rings is 1. The molecule has 0 radical (unpaired) electrons. The van der Waals surface area contributed by atoms with E-state index in [0.29, 0.717) is 5.75 Å². The average Bonchev–Trinajstić information content (AvgIpc) is 2.88. The number of nitrogens with zero attached hydrogens (tertiary/aromatic N) is 1. The van der Waals surface area contributed by atoms with E-state index < -0.39 is 5.97 Å². The minimum atomic E-state index is -1.05. The van der Waals surface area contributed by atoms with Gasteiger partial charge in [-0.25, -0.2) is 9.78 Å². The summed E-state index contributed by atoms with van der Waals surface area (Å²) in [5, 5.41) is 11.7. The fourth-order valence-corrected chi connectivity index (χ4v) is 1.98. The summed E-state index contributed by atoms with van der Waals surface area (Å²) >= 11 is 1.45. The Kier molecular flexibility index (Phi) is 3.78. The van der Waals surface area contributed by atoms with Gasteiger partial charge in [-0.05, 0) is 12.1 Å². The molecular weight excluding hydrogens is 254 g/mol. The smallest absolute Gasteiger partial charge is 0.339 e. The predicted molar refractivity (Wildman–Crippen MR) is 66.4 cm³/mol. The van der Waals surface area contributed by atoms with Gasteiger partial charge in [0.15, 0.2) is 11.5 Å². The van der Waals surface area contributed by atoms with Crippen molar-refractivity contribution in [2.75, 3.05) is 7.11 Å². The Morgan fingerprint density at radius 3 is 2.94 bits per heavy atom. The molecule has 2 rings (SSSR count). The first-order chi connectivity index (χ1) is 8.72. The Balaban J connectivity index is 2.26. The third-order valence-electron chi connectivity index (χ3n) is 2.25. The average molecular weight is 265 g/mol. The summed E-state index contributed by atoms with van der Waals surface area (Å²) in [6.07, 6.45) is 1.67. The van der Waals surface area contributed by atoms with E-state index in [2.05, 4.69) is 4.98 Å². The second kappa shape index (κ2) is 5.50. The molecule has 1 aromatic heterocycles. The van der Waals surface area contributed by atoms with Crippen LogP contribution in [0.5, 0.6) is 11.5 Å². The third-order valence-corrected chi connectivity index (χ3v) is 3.01. The van der Waals surface area contributed by atoms with Crippen molar-refractivity contribution < 1.29 is 19.4 Å². The summed E-state index contributed by atoms with van der Waals surface area (Å²) in [5.74, 6) is -0.433. The minimum Gasteiger partial charge on any atom is -0.493 e. The maximum atomic E-state index is 11.1. The van der Waals surface area contributed by atoms with Gasteiger partial charge in [0, 0.05) is 11.6 Å². The summed E-state index contributed by atoms with van der Waals surface area (Å²) in [6, 6.07) is 4.74. The van der Waals surface area contributed by atoms with Crippen LogP contribution in [0.15, 0.2) is 29.8 Å². The van der Waals surface area contributed by atoms with Crippen LogP contribution in [0.2, 0.25) is 0 Å². The fourth-order valence-electron chi connectivity index (χ4n) is 1.45. The molecule has 0 saturated carbocycles. The molecule has 0 aliphatic carbocycles. The molecule has 18 heavy (non-hydrogen) atoms. The number of hydrogen-bond donors (Lipinski definition) is 1. The van der Waals surface area contributed by atoms with Gasteiger partial charge in [-0.2, -0.15) is 0 Å². The zero-order chi connectivity index (χ0) is 13.0. The van der Waals surface area contributed by atoms with Crippen LogP contribution in [-0.2, 0) is 6.61 Å². The highest BCUT2D eigenvalue weighted by atomic mass is 32.1. The molecule has 5 nitrogen and oxygen atoms in total. The van der Waals surface area contributed by atoms with E-state index in [4.69, 9.17) is 14.6 Å². The number of rotatable bonds is 5. The van der Waals surface area contributed by atoms with Crippen molar-refractivity contribution in [3.63, 3.8) is 0 Å². The molecule has 0 fully saturated rings. The van der Waals surface area contributed by atoms with E-state index in [0.717, 1.165) is 5.01 Å². The van der Waals surface area contributed by atoms with Gasteiger partial charge < -0.3 is 14.6 Å². The van der Waals surface area contributed by atoms with Crippen LogP contribution in [0, 0.1) is 0 Å². The van der Waals surface area contributed by atoms with Crippen molar-refractivity contribution in [1.82, 2.24) is 4.98 Å². The van der Waals surface area contributed by atoms with Crippen molar-refractivity contribution in [1.29, 1.82) is 0 Å². The number of carbonyl (C=O) groups is 1. The first-order valence-corrected chi connectivity index (χ1v) is 6.02. The van der Waals surface area contributed by atoms with E-state index in [9.17, 15) is 4.79 Å². The molecule has 2 aromatic rings. The lowest BCUT2D eigenvalue weighted by molar-refractivity contribution is 0.0691. The summed E-state index contributed by atoms with van der Waals surface area (Å²) in [6.45, 7) is 0.221. The number of benzene rings is 1. The standard InChI is InChI=1S/C12H11NO4S/c1-16-9-4-2-3-8(12(14)15)11(9)17-7-10-13-5-6-18-10/h2-6H,7H2,1H3,(H,14,15). The number of carboxylic acid groups (broad SMARTS) is 1. The van der Waals surface area contributed by atoms with Crippen molar-refractivity contribution >= 4 is 17.3 Å². The molecule has 1 N–H and O–H groups in total. The lowest BCUT2D eigenvalue weighted by Gasteiger charge is -2.11. The van der Waals surface area contributed by atoms with Gasteiger partial charge in [0.05, 0.1) is 7.11 Å². The second-order valence-electron chi connectivity index (χ2n) is 3.36. The van der Waals surface area contributed by atoms with E-state index in [1.165, 1.54) is 24.5 Å². The van der Waals surface area contributed by atoms with Crippen molar-refractivity contribution in [2.24, 2.45) is 0 Å². The number of aromatic nitrogens is 1. The van der Waals surface area contributed by atoms with Crippen molar-refractivity contribution in [3.05, 3.63) is 40.3 Å². The number of methoxy groups -OCH3 is 1. The molecule has 0 atom stereocenters. The zero-order valence-electron chi connectivity index (χ0n) is 9.62. The van der Waals surface area contributed by atoms with Crippen molar-refractivity contribution in [3.8, 4) is 11.5 Å². The third kappa shape index (κ3) is 2.60. The van der Waals surface area contributed by atoms with Crippen LogP contribution in [-0.4, -0.2) is 23.2 Å². The first kappa shape index (κ1) is 12.4. The Labute approximate surface area is 108 Å². The second-order valence-corrected chi connectivity index (χ2v) is 4.34. The predicted octanol–water partition coefficient (Wildman–Crippen LogP) is 2.43. The van der Waals surface area contributed by atoms with Gasteiger partial charge in [0.25, 0.3) is 0 Å². The largest absolute Gasteiger partial charge is 0.493 e. The van der Waals surface area contributed by atoms with Gasteiger partial charge >= 0.3 is 5.97 Å². The van der Waals surface area contributed by atoms with Crippen LogP contribution >= 0.6 is 11.3 Å². The minimum absolute atomic E-state index is 0.0749. The molecule has 1 heterocycles. The van der Waals surface area contributed by atoms with Gasteiger partial charge in [0.2, 0.25) is 0 Å². The zero-order valence-corrected chi connectivity index (χ0v) is 10.4. The van der Waals surface area contributed by atoms with Crippen LogP contribution < -0.4 is 9.47 Å². The maximum absolute atomic E-state index is 11.1. The summed E-state index contributed by atoms with van der Waals surface area (Å²) in [4.78, 5) is 15.2. The van der Waals surface area contributed by atoms with Gasteiger partial charge in [-0.3, -0.25) is 0 Å². The quantitative estimate of drug-likeness (QED) is 0.899. The van der Waals surface area contributed by atoms with Gasteiger partial charge in [-0.1, -0.05) is 6.07 Å².